The largest absolute Gasteiger partial charge is 0.418 e. The van der Waals surface area contributed by atoms with Crippen molar-refractivity contribution in [2.45, 2.75) is 38.6 Å². The van der Waals surface area contributed by atoms with Crippen LogP contribution in [-0.2, 0) is 4.79 Å². The fraction of sp³-hybridized carbons (Fsp3) is 0.467. The van der Waals surface area contributed by atoms with E-state index in [-0.39, 0.29) is 11.9 Å². The first kappa shape index (κ1) is 16.1. The molecule has 0 fully saturated rings. The molecule has 7 heteroatoms. The van der Waals surface area contributed by atoms with Gasteiger partial charge in [-0.25, -0.2) is 0 Å². The van der Waals surface area contributed by atoms with E-state index in [1.54, 1.807) is 24.5 Å². The lowest BCUT2D eigenvalue weighted by molar-refractivity contribution is -0.119. The van der Waals surface area contributed by atoms with Crippen LogP contribution in [0.5, 0.6) is 0 Å². The van der Waals surface area contributed by atoms with Gasteiger partial charge < -0.3 is 15.5 Å². The van der Waals surface area contributed by atoms with Crippen molar-refractivity contribution in [2.75, 3.05) is 6.54 Å². The Morgan fingerprint density at radius 3 is 2.73 bits per heavy atom. The second-order valence-corrected chi connectivity index (χ2v) is 5.07. The van der Waals surface area contributed by atoms with Crippen LogP contribution in [0.25, 0.3) is 11.5 Å². The average molecular weight is 303 g/mol. The van der Waals surface area contributed by atoms with Gasteiger partial charge in [0.2, 0.25) is 17.7 Å². The van der Waals surface area contributed by atoms with E-state index in [9.17, 15) is 4.79 Å². The first-order valence-electron chi connectivity index (χ1n) is 7.41. The summed E-state index contributed by atoms with van der Waals surface area (Å²) < 4.78 is 5.70. The molecule has 7 nitrogen and oxygen atoms in total. The van der Waals surface area contributed by atoms with Gasteiger partial charge in [0.1, 0.15) is 6.04 Å². The minimum Gasteiger partial charge on any atom is -0.418 e. The number of hydrogen-bond donors (Lipinski definition) is 2. The van der Waals surface area contributed by atoms with E-state index in [1.165, 1.54) is 6.92 Å². The van der Waals surface area contributed by atoms with Crippen LogP contribution in [0.4, 0.5) is 0 Å². The van der Waals surface area contributed by atoms with Crippen molar-refractivity contribution in [3.8, 4) is 11.5 Å². The van der Waals surface area contributed by atoms with E-state index in [0.29, 0.717) is 18.3 Å². The third-order valence-corrected chi connectivity index (χ3v) is 3.24. The summed E-state index contributed by atoms with van der Waals surface area (Å²) in [4.78, 5) is 15.3. The Bertz CT molecular complexity index is 585. The number of pyridine rings is 1. The average Bonchev–Trinajstić information content (AvgIpc) is 3.01. The normalized spacial score (nSPS) is 12.1. The second kappa shape index (κ2) is 8.23. The van der Waals surface area contributed by atoms with Gasteiger partial charge in [-0.2, -0.15) is 0 Å². The van der Waals surface area contributed by atoms with Crippen molar-refractivity contribution in [1.82, 2.24) is 20.5 Å². The number of carbonyl (C=O) groups excluding carboxylic acids is 1. The molecule has 118 valence electrons. The van der Waals surface area contributed by atoms with Gasteiger partial charge in [0.05, 0.1) is 0 Å². The van der Waals surface area contributed by atoms with Gasteiger partial charge in [-0.3, -0.25) is 9.78 Å². The maximum Gasteiger partial charge on any atom is 0.247 e. The third kappa shape index (κ3) is 4.63. The van der Waals surface area contributed by atoms with E-state index < -0.39 is 0 Å². The van der Waals surface area contributed by atoms with E-state index in [2.05, 4.69) is 20.5 Å². The van der Waals surface area contributed by atoms with Crippen molar-refractivity contribution in [1.29, 1.82) is 0 Å². The number of unbranched alkanes of at least 4 members (excludes halogenated alkanes) is 2. The van der Waals surface area contributed by atoms with Gasteiger partial charge in [0.25, 0.3) is 0 Å². The molecule has 22 heavy (non-hydrogen) atoms. The summed E-state index contributed by atoms with van der Waals surface area (Å²) in [6.07, 6.45) is 7.00. The zero-order valence-electron chi connectivity index (χ0n) is 12.7. The van der Waals surface area contributed by atoms with Crippen molar-refractivity contribution in [3.63, 3.8) is 0 Å². The molecule has 0 radical (unpaired) electrons. The summed E-state index contributed by atoms with van der Waals surface area (Å²) in [5.41, 5.74) is 6.29. The number of aromatic nitrogens is 3. The number of rotatable bonds is 8. The molecule has 0 aliphatic rings. The molecule has 0 unspecified atom stereocenters. The lowest BCUT2D eigenvalue weighted by Gasteiger charge is -2.13. The Hall–Kier alpha value is -2.28. The van der Waals surface area contributed by atoms with Crippen LogP contribution in [0.15, 0.2) is 28.9 Å². The highest BCUT2D eigenvalue weighted by Crippen LogP contribution is 2.23. The standard InChI is InChI=1S/C15H21N5O2/c1-11(21)18-13(5-3-2-4-8-16)15-20-19-14(22-15)12-6-9-17-10-7-12/h6-7,9-10,13H,2-5,8,16H2,1H3,(H,18,21)/t13-/m0/s1. The Morgan fingerprint density at radius 2 is 2.05 bits per heavy atom. The van der Waals surface area contributed by atoms with Gasteiger partial charge >= 0.3 is 0 Å². The van der Waals surface area contributed by atoms with Crippen molar-refractivity contribution >= 4 is 5.91 Å². The molecule has 2 heterocycles. The Morgan fingerprint density at radius 1 is 1.27 bits per heavy atom. The summed E-state index contributed by atoms with van der Waals surface area (Å²) in [5, 5.41) is 11.0. The molecule has 2 rings (SSSR count). The summed E-state index contributed by atoms with van der Waals surface area (Å²) in [7, 11) is 0. The topological polar surface area (TPSA) is 107 Å². The molecular weight excluding hydrogens is 282 g/mol. The van der Waals surface area contributed by atoms with Crippen LogP contribution in [0.1, 0.15) is 44.5 Å². The number of nitrogens with two attached hydrogens (primary N) is 1. The van der Waals surface area contributed by atoms with Gasteiger partial charge in [-0.1, -0.05) is 12.8 Å². The van der Waals surface area contributed by atoms with E-state index >= 15 is 0 Å². The maximum absolute atomic E-state index is 11.4. The smallest absolute Gasteiger partial charge is 0.247 e. The Labute approximate surface area is 129 Å². The number of nitrogens with zero attached hydrogens (tertiary/aromatic N) is 3. The maximum atomic E-state index is 11.4. The Kier molecular flexibility index (Phi) is 6.02. The van der Waals surface area contributed by atoms with Gasteiger partial charge in [0.15, 0.2) is 0 Å². The summed E-state index contributed by atoms with van der Waals surface area (Å²) in [5.74, 6) is 0.733. The monoisotopic (exact) mass is 303 g/mol. The van der Waals surface area contributed by atoms with Crippen molar-refractivity contribution in [2.24, 2.45) is 5.73 Å². The van der Waals surface area contributed by atoms with Crippen LogP contribution < -0.4 is 11.1 Å². The third-order valence-electron chi connectivity index (χ3n) is 3.24. The van der Waals surface area contributed by atoms with Gasteiger partial charge in [-0.15, -0.1) is 10.2 Å². The molecule has 2 aromatic rings. The molecule has 0 aliphatic carbocycles. The van der Waals surface area contributed by atoms with E-state index in [4.69, 9.17) is 10.2 Å². The summed E-state index contributed by atoms with van der Waals surface area (Å²) in [6.45, 7) is 2.16. The van der Waals surface area contributed by atoms with Crippen LogP contribution in [0.3, 0.4) is 0 Å². The fourth-order valence-corrected chi connectivity index (χ4v) is 2.16. The van der Waals surface area contributed by atoms with E-state index in [0.717, 1.165) is 31.2 Å². The molecule has 1 atom stereocenters. The van der Waals surface area contributed by atoms with Gasteiger partial charge in [-0.05, 0) is 31.5 Å². The van der Waals surface area contributed by atoms with E-state index in [1.807, 2.05) is 0 Å². The number of carbonyl (C=O) groups is 1. The van der Waals surface area contributed by atoms with Crippen LogP contribution in [0, 0.1) is 0 Å². The molecule has 0 bridgehead atoms. The quantitative estimate of drug-likeness (QED) is 0.720. The Balaban J connectivity index is 2.07. The molecular formula is C15H21N5O2. The number of hydrogen-bond acceptors (Lipinski definition) is 6. The molecule has 0 saturated carbocycles. The van der Waals surface area contributed by atoms with Crippen molar-refractivity contribution in [3.05, 3.63) is 30.4 Å². The fourth-order valence-electron chi connectivity index (χ4n) is 2.16. The van der Waals surface area contributed by atoms with Crippen molar-refractivity contribution < 1.29 is 9.21 Å². The highest BCUT2D eigenvalue weighted by atomic mass is 16.4. The number of amides is 1. The predicted molar refractivity (Wildman–Crippen MR) is 81.6 cm³/mol. The van der Waals surface area contributed by atoms with Gasteiger partial charge in [0, 0.05) is 24.9 Å². The first-order valence-corrected chi connectivity index (χ1v) is 7.41. The highest BCUT2D eigenvalue weighted by Gasteiger charge is 2.19. The van der Waals surface area contributed by atoms with Crippen LogP contribution >= 0.6 is 0 Å². The lowest BCUT2D eigenvalue weighted by Crippen LogP contribution is -2.26. The molecule has 0 saturated heterocycles. The molecule has 2 aromatic heterocycles. The highest BCUT2D eigenvalue weighted by molar-refractivity contribution is 5.73. The molecule has 0 aromatic carbocycles. The predicted octanol–water partition coefficient (Wildman–Crippen LogP) is 1.83. The minimum absolute atomic E-state index is 0.118. The number of nitrogens with one attached hydrogen (secondary N) is 1. The minimum atomic E-state index is -0.265. The first-order chi connectivity index (χ1) is 10.7. The van der Waals surface area contributed by atoms with Crippen LogP contribution in [-0.4, -0.2) is 27.6 Å². The molecule has 0 aliphatic heterocycles. The second-order valence-electron chi connectivity index (χ2n) is 5.07. The summed E-state index contributed by atoms with van der Waals surface area (Å²) in [6, 6.07) is 3.33. The zero-order chi connectivity index (χ0) is 15.8. The zero-order valence-corrected chi connectivity index (χ0v) is 12.7. The molecule has 1 amide bonds. The lowest BCUT2D eigenvalue weighted by atomic mass is 10.1. The summed E-state index contributed by atoms with van der Waals surface area (Å²) >= 11 is 0. The van der Waals surface area contributed by atoms with Crippen LogP contribution in [0.2, 0.25) is 0 Å². The SMILES string of the molecule is CC(=O)N[C@@H](CCCCCN)c1nnc(-c2ccncc2)o1. The molecule has 0 spiro atoms. The molecule has 3 N–H and O–H groups in total.